The predicted molar refractivity (Wildman–Crippen MR) is 74.0 cm³/mol. The molecule has 0 fully saturated rings. The molecular weight excluding hydrogens is 266 g/mol. The minimum Gasteiger partial charge on any atom is -0.458 e. The summed E-state index contributed by atoms with van der Waals surface area (Å²) in [5.41, 5.74) is 0.867. The first-order chi connectivity index (χ1) is 9.11. The number of halogens is 1. The van der Waals surface area contributed by atoms with Crippen LogP contribution in [0.2, 0.25) is 5.02 Å². The molecule has 0 bridgehead atoms. The molecular formula is C14H16ClNO3. The van der Waals surface area contributed by atoms with Crippen molar-refractivity contribution in [2.75, 3.05) is 13.6 Å². The summed E-state index contributed by atoms with van der Waals surface area (Å²) in [5, 5.41) is 23.1. The van der Waals surface area contributed by atoms with Gasteiger partial charge in [-0.3, -0.25) is 0 Å². The van der Waals surface area contributed by atoms with Gasteiger partial charge in [-0.15, -0.1) is 0 Å². The van der Waals surface area contributed by atoms with Crippen LogP contribution in [0, 0.1) is 0 Å². The van der Waals surface area contributed by atoms with Gasteiger partial charge < -0.3 is 19.9 Å². The maximum Gasteiger partial charge on any atom is 0.139 e. The number of likely N-dealkylation sites (N-methyl/N-ethyl adjacent to an activating group) is 1. The number of nitrogens with one attached hydrogen (secondary N) is 1. The van der Waals surface area contributed by atoms with Gasteiger partial charge in [-0.2, -0.15) is 0 Å². The van der Waals surface area contributed by atoms with Crippen LogP contribution in [-0.4, -0.2) is 29.9 Å². The molecule has 2 atom stereocenters. The second-order valence-corrected chi connectivity index (χ2v) is 4.72. The molecule has 0 amide bonds. The zero-order valence-electron chi connectivity index (χ0n) is 10.5. The topological polar surface area (TPSA) is 65.6 Å². The van der Waals surface area contributed by atoms with E-state index in [1.54, 1.807) is 31.3 Å². The number of benzene rings is 1. The number of aliphatic hydroxyl groups excluding tert-OH is 2. The SMILES string of the molecule is CNCC(O)C(O)c1ccc(-c2ccc(Cl)cc2)o1. The molecule has 102 valence electrons. The van der Waals surface area contributed by atoms with Crippen molar-refractivity contribution in [3.05, 3.63) is 47.2 Å². The van der Waals surface area contributed by atoms with E-state index in [-0.39, 0.29) is 6.54 Å². The molecule has 2 rings (SSSR count). The summed E-state index contributed by atoms with van der Waals surface area (Å²) in [7, 11) is 1.71. The average Bonchev–Trinajstić information content (AvgIpc) is 2.88. The first kappa shape index (κ1) is 14.1. The van der Waals surface area contributed by atoms with Crippen LogP contribution in [0.4, 0.5) is 0 Å². The van der Waals surface area contributed by atoms with Crippen LogP contribution in [0.15, 0.2) is 40.8 Å². The van der Waals surface area contributed by atoms with Gasteiger partial charge in [0.15, 0.2) is 0 Å². The number of rotatable bonds is 5. The molecule has 1 heterocycles. The largest absolute Gasteiger partial charge is 0.458 e. The zero-order chi connectivity index (χ0) is 13.8. The van der Waals surface area contributed by atoms with Crippen molar-refractivity contribution in [3.63, 3.8) is 0 Å². The van der Waals surface area contributed by atoms with E-state index in [1.165, 1.54) is 0 Å². The Kier molecular flexibility index (Phi) is 4.61. The summed E-state index contributed by atoms with van der Waals surface area (Å²) in [5.74, 6) is 0.968. The molecule has 3 N–H and O–H groups in total. The highest BCUT2D eigenvalue weighted by Crippen LogP contribution is 2.27. The Morgan fingerprint density at radius 3 is 2.47 bits per heavy atom. The van der Waals surface area contributed by atoms with E-state index >= 15 is 0 Å². The van der Waals surface area contributed by atoms with Gasteiger partial charge in [-0.05, 0) is 43.4 Å². The molecule has 0 aliphatic carbocycles. The second-order valence-electron chi connectivity index (χ2n) is 4.28. The number of furan rings is 1. The molecule has 4 nitrogen and oxygen atoms in total. The van der Waals surface area contributed by atoms with Crippen LogP contribution in [0.25, 0.3) is 11.3 Å². The zero-order valence-corrected chi connectivity index (χ0v) is 11.3. The third-order valence-corrected chi connectivity index (χ3v) is 3.08. The highest BCUT2D eigenvalue weighted by molar-refractivity contribution is 6.30. The Morgan fingerprint density at radius 1 is 1.16 bits per heavy atom. The summed E-state index contributed by atoms with van der Waals surface area (Å²) >= 11 is 5.82. The van der Waals surface area contributed by atoms with Crippen LogP contribution < -0.4 is 5.32 Å². The monoisotopic (exact) mass is 281 g/mol. The van der Waals surface area contributed by atoms with E-state index in [9.17, 15) is 10.2 Å². The van der Waals surface area contributed by atoms with Gasteiger partial charge >= 0.3 is 0 Å². The molecule has 0 spiro atoms. The average molecular weight is 282 g/mol. The lowest BCUT2D eigenvalue weighted by Gasteiger charge is -2.14. The number of hydrogen-bond donors (Lipinski definition) is 3. The van der Waals surface area contributed by atoms with Crippen molar-refractivity contribution in [2.45, 2.75) is 12.2 Å². The van der Waals surface area contributed by atoms with E-state index in [0.29, 0.717) is 16.5 Å². The Hall–Kier alpha value is -1.33. The van der Waals surface area contributed by atoms with Crippen LogP contribution in [0.3, 0.4) is 0 Å². The quantitative estimate of drug-likeness (QED) is 0.786. The van der Waals surface area contributed by atoms with Gasteiger partial charge in [0.1, 0.15) is 17.6 Å². The van der Waals surface area contributed by atoms with E-state index < -0.39 is 12.2 Å². The second kappa shape index (κ2) is 6.21. The summed E-state index contributed by atoms with van der Waals surface area (Å²) in [4.78, 5) is 0. The molecule has 0 aliphatic heterocycles. The summed E-state index contributed by atoms with van der Waals surface area (Å²) in [6, 6.07) is 10.6. The maximum atomic E-state index is 9.92. The molecule has 2 unspecified atom stereocenters. The first-order valence-corrected chi connectivity index (χ1v) is 6.36. The lowest BCUT2D eigenvalue weighted by Crippen LogP contribution is -2.29. The van der Waals surface area contributed by atoms with Gasteiger partial charge in [0, 0.05) is 17.1 Å². The molecule has 1 aromatic heterocycles. The molecule has 2 aromatic rings. The van der Waals surface area contributed by atoms with Gasteiger partial charge in [-0.25, -0.2) is 0 Å². The summed E-state index contributed by atoms with van der Waals surface area (Å²) in [6.07, 6.45) is -1.96. The molecule has 0 saturated heterocycles. The van der Waals surface area contributed by atoms with Gasteiger partial charge in [0.05, 0.1) is 6.10 Å². The Balaban J connectivity index is 2.16. The fourth-order valence-electron chi connectivity index (χ4n) is 1.79. The standard InChI is InChI=1S/C14H16ClNO3/c1-16-8-11(17)14(18)13-7-6-12(19-13)9-2-4-10(15)5-3-9/h2-7,11,14,16-18H,8H2,1H3. The van der Waals surface area contributed by atoms with Crippen molar-refractivity contribution in [1.29, 1.82) is 0 Å². The molecule has 0 radical (unpaired) electrons. The van der Waals surface area contributed by atoms with Gasteiger partial charge in [0.25, 0.3) is 0 Å². The van der Waals surface area contributed by atoms with Gasteiger partial charge in [0.2, 0.25) is 0 Å². The maximum absolute atomic E-state index is 9.92. The van der Waals surface area contributed by atoms with Crippen molar-refractivity contribution in [3.8, 4) is 11.3 Å². The predicted octanol–water partition coefficient (Wildman–Crippen LogP) is 2.21. The van der Waals surface area contributed by atoms with Crippen molar-refractivity contribution < 1.29 is 14.6 Å². The van der Waals surface area contributed by atoms with E-state index in [2.05, 4.69) is 5.32 Å². The lowest BCUT2D eigenvalue weighted by molar-refractivity contribution is 0.00774. The smallest absolute Gasteiger partial charge is 0.139 e. The fourth-order valence-corrected chi connectivity index (χ4v) is 1.92. The molecule has 1 aromatic carbocycles. The Morgan fingerprint density at radius 2 is 1.84 bits per heavy atom. The highest BCUT2D eigenvalue weighted by Gasteiger charge is 2.21. The van der Waals surface area contributed by atoms with E-state index in [0.717, 1.165) is 5.56 Å². The highest BCUT2D eigenvalue weighted by atomic mass is 35.5. The summed E-state index contributed by atoms with van der Waals surface area (Å²) < 4.78 is 5.56. The molecule has 0 aliphatic rings. The normalized spacial score (nSPS) is 14.3. The summed E-state index contributed by atoms with van der Waals surface area (Å²) in [6.45, 7) is 0.290. The van der Waals surface area contributed by atoms with Crippen LogP contribution in [0.1, 0.15) is 11.9 Å². The number of hydrogen-bond acceptors (Lipinski definition) is 4. The fraction of sp³-hybridized carbons (Fsp3) is 0.286. The Bertz CT molecular complexity index is 524. The van der Waals surface area contributed by atoms with Crippen LogP contribution >= 0.6 is 11.6 Å². The molecule has 19 heavy (non-hydrogen) atoms. The molecule has 5 heteroatoms. The minimum absolute atomic E-state index is 0.290. The van der Waals surface area contributed by atoms with Crippen LogP contribution in [-0.2, 0) is 0 Å². The Labute approximate surface area is 116 Å². The first-order valence-electron chi connectivity index (χ1n) is 5.98. The third-order valence-electron chi connectivity index (χ3n) is 2.82. The van der Waals surface area contributed by atoms with Gasteiger partial charge in [-0.1, -0.05) is 11.6 Å². The van der Waals surface area contributed by atoms with E-state index in [4.69, 9.17) is 16.0 Å². The third kappa shape index (κ3) is 3.36. The van der Waals surface area contributed by atoms with E-state index in [1.807, 2.05) is 12.1 Å². The van der Waals surface area contributed by atoms with Crippen molar-refractivity contribution in [1.82, 2.24) is 5.32 Å². The van der Waals surface area contributed by atoms with Crippen LogP contribution in [0.5, 0.6) is 0 Å². The number of aliphatic hydroxyl groups is 2. The lowest BCUT2D eigenvalue weighted by atomic mass is 10.1. The van der Waals surface area contributed by atoms with Crippen molar-refractivity contribution in [2.24, 2.45) is 0 Å². The van der Waals surface area contributed by atoms with Crippen molar-refractivity contribution >= 4 is 11.6 Å². The molecule has 0 saturated carbocycles. The minimum atomic E-state index is -1.05.